The largest absolute Gasteiger partial charge is 0.503 e. The van der Waals surface area contributed by atoms with Crippen LogP contribution >= 0.6 is 0 Å². The summed E-state index contributed by atoms with van der Waals surface area (Å²) in [6.45, 7) is 0.112. The maximum Gasteiger partial charge on any atom is 0.223 e. The third kappa shape index (κ3) is 2.09. The number of aromatic hydroxyl groups is 1. The van der Waals surface area contributed by atoms with Gasteiger partial charge in [0, 0.05) is 12.3 Å². The summed E-state index contributed by atoms with van der Waals surface area (Å²) in [5.74, 6) is -0.825. The number of halogens is 1. The summed E-state index contributed by atoms with van der Waals surface area (Å²) in [6, 6.07) is 6.70. The van der Waals surface area contributed by atoms with Gasteiger partial charge in [-0.2, -0.15) is 0 Å². The van der Waals surface area contributed by atoms with Crippen molar-refractivity contribution in [3.05, 3.63) is 63.8 Å². The number of aliphatic hydroxyl groups excluding tert-OH is 1. The standard InChI is InChI=1S/C14H12FNO4/c15-9-3-1-8(2-4-9)14-12-13(19)10(17)5-6-16(12)7-11(18)20-14/h1-6,11,14,18-19H,7H2. The Morgan fingerprint density at radius 2 is 1.95 bits per heavy atom. The topological polar surface area (TPSA) is 71.7 Å². The second kappa shape index (κ2) is 4.73. The van der Waals surface area contributed by atoms with Gasteiger partial charge in [0.25, 0.3) is 0 Å². The van der Waals surface area contributed by atoms with E-state index in [0.29, 0.717) is 5.56 Å². The van der Waals surface area contributed by atoms with Crippen LogP contribution in [0.4, 0.5) is 4.39 Å². The lowest BCUT2D eigenvalue weighted by Gasteiger charge is -2.31. The van der Waals surface area contributed by atoms with Gasteiger partial charge < -0.3 is 19.5 Å². The molecule has 1 aliphatic rings. The van der Waals surface area contributed by atoms with E-state index in [1.807, 2.05) is 0 Å². The van der Waals surface area contributed by atoms with Gasteiger partial charge in [-0.15, -0.1) is 0 Å². The zero-order chi connectivity index (χ0) is 14.3. The molecule has 6 heteroatoms. The number of fused-ring (bicyclic) bond motifs is 1. The predicted octanol–water partition coefficient (Wildman–Crippen LogP) is 1.13. The highest BCUT2D eigenvalue weighted by atomic mass is 19.1. The van der Waals surface area contributed by atoms with Crippen molar-refractivity contribution in [2.45, 2.75) is 18.9 Å². The van der Waals surface area contributed by atoms with Crippen LogP contribution in [0, 0.1) is 5.82 Å². The van der Waals surface area contributed by atoms with Gasteiger partial charge in [0.05, 0.1) is 12.2 Å². The third-order valence-electron chi connectivity index (χ3n) is 3.26. The average molecular weight is 277 g/mol. The van der Waals surface area contributed by atoms with Crippen LogP contribution < -0.4 is 5.43 Å². The molecule has 0 amide bonds. The molecule has 2 heterocycles. The first-order valence-corrected chi connectivity index (χ1v) is 6.07. The molecule has 2 unspecified atom stereocenters. The molecule has 2 aromatic rings. The van der Waals surface area contributed by atoms with E-state index in [4.69, 9.17) is 4.74 Å². The highest BCUT2D eigenvalue weighted by Crippen LogP contribution is 2.34. The molecule has 2 N–H and O–H groups in total. The van der Waals surface area contributed by atoms with Crippen LogP contribution in [-0.4, -0.2) is 21.1 Å². The fourth-order valence-corrected chi connectivity index (χ4v) is 2.32. The van der Waals surface area contributed by atoms with Crippen LogP contribution in [0.25, 0.3) is 0 Å². The van der Waals surface area contributed by atoms with E-state index in [1.165, 1.54) is 36.5 Å². The van der Waals surface area contributed by atoms with E-state index >= 15 is 0 Å². The normalized spacial score (nSPS) is 21.5. The molecule has 1 aromatic heterocycles. The molecule has 0 radical (unpaired) electrons. The number of pyridine rings is 1. The molecule has 0 saturated carbocycles. The van der Waals surface area contributed by atoms with Crippen molar-refractivity contribution < 1.29 is 19.3 Å². The Hall–Kier alpha value is -2.18. The molecule has 1 aliphatic heterocycles. The van der Waals surface area contributed by atoms with Crippen molar-refractivity contribution in [2.24, 2.45) is 0 Å². The van der Waals surface area contributed by atoms with Crippen molar-refractivity contribution in [2.75, 3.05) is 0 Å². The summed E-state index contributed by atoms with van der Waals surface area (Å²) in [5, 5.41) is 19.7. The van der Waals surface area contributed by atoms with E-state index < -0.39 is 29.4 Å². The predicted molar refractivity (Wildman–Crippen MR) is 67.7 cm³/mol. The molecule has 0 fully saturated rings. The Morgan fingerprint density at radius 3 is 2.65 bits per heavy atom. The van der Waals surface area contributed by atoms with Crippen molar-refractivity contribution in [1.82, 2.24) is 4.57 Å². The van der Waals surface area contributed by atoms with Crippen molar-refractivity contribution in [1.29, 1.82) is 0 Å². The van der Waals surface area contributed by atoms with E-state index in [9.17, 15) is 19.4 Å². The summed E-state index contributed by atoms with van der Waals surface area (Å²) >= 11 is 0. The highest BCUT2D eigenvalue weighted by molar-refractivity contribution is 5.36. The number of benzene rings is 1. The molecule has 2 atom stereocenters. The lowest BCUT2D eigenvalue weighted by molar-refractivity contribution is -0.151. The van der Waals surface area contributed by atoms with Gasteiger partial charge in [-0.1, -0.05) is 12.1 Å². The number of nitrogens with zero attached hydrogens (tertiary/aromatic N) is 1. The van der Waals surface area contributed by atoms with E-state index in [1.54, 1.807) is 4.57 Å². The minimum Gasteiger partial charge on any atom is -0.503 e. The number of ether oxygens (including phenoxy) is 1. The minimum atomic E-state index is -1.07. The van der Waals surface area contributed by atoms with Gasteiger partial charge in [-0.25, -0.2) is 4.39 Å². The highest BCUT2D eigenvalue weighted by Gasteiger charge is 2.30. The molecule has 20 heavy (non-hydrogen) atoms. The maximum atomic E-state index is 13.0. The molecule has 0 aliphatic carbocycles. The van der Waals surface area contributed by atoms with Crippen LogP contribution in [0.5, 0.6) is 5.75 Å². The van der Waals surface area contributed by atoms with E-state index in [-0.39, 0.29) is 12.2 Å². The number of aliphatic hydroxyl groups is 1. The van der Waals surface area contributed by atoms with Gasteiger partial charge in [-0.3, -0.25) is 4.79 Å². The molecule has 0 saturated heterocycles. The van der Waals surface area contributed by atoms with Gasteiger partial charge in [0.1, 0.15) is 11.9 Å². The SMILES string of the molecule is O=c1ccn2c(c1O)C(c1ccc(F)cc1)OC(O)C2. The van der Waals surface area contributed by atoms with Crippen LogP contribution in [0.1, 0.15) is 17.4 Å². The fourth-order valence-electron chi connectivity index (χ4n) is 2.32. The summed E-state index contributed by atoms with van der Waals surface area (Å²) < 4.78 is 19.9. The number of hydrogen-bond acceptors (Lipinski definition) is 4. The monoisotopic (exact) mass is 277 g/mol. The van der Waals surface area contributed by atoms with Crippen LogP contribution in [-0.2, 0) is 11.3 Å². The molecule has 5 nitrogen and oxygen atoms in total. The van der Waals surface area contributed by atoms with Crippen molar-refractivity contribution in [3.63, 3.8) is 0 Å². The van der Waals surface area contributed by atoms with Crippen LogP contribution in [0.3, 0.4) is 0 Å². The Morgan fingerprint density at radius 1 is 1.25 bits per heavy atom. The Balaban J connectivity index is 2.16. The van der Waals surface area contributed by atoms with Gasteiger partial charge in [-0.05, 0) is 17.7 Å². The second-order valence-corrected chi connectivity index (χ2v) is 4.59. The van der Waals surface area contributed by atoms with Gasteiger partial charge in [0.2, 0.25) is 5.43 Å². The first-order valence-electron chi connectivity index (χ1n) is 6.07. The van der Waals surface area contributed by atoms with E-state index in [0.717, 1.165) is 0 Å². The van der Waals surface area contributed by atoms with Gasteiger partial charge in [0.15, 0.2) is 12.0 Å². The number of aromatic nitrogens is 1. The summed E-state index contributed by atoms with van der Waals surface area (Å²) in [6.07, 6.45) is -0.410. The van der Waals surface area contributed by atoms with Crippen molar-refractivity contribution in [3.8, 4) is 5.75 Å². The Kier molecular flexibility index (Phi) is 3.04. The lowest BCUT2D eigenvalue weighted by atomic mass is 10.0. The van der Waals surface area contributed by atoms with E-state index in [2.05, 4.69) is 0 Å². The molecular weight excluding hydrogens is 265 g/mol. The second-order valence-electron chi connectivity index (χ2n) is 4.59. The van der Waals surface area contributed by atoms with Crippen molar-refractivity contribution >= 4 is 0 Å². The smallest absolute Gasteiger partial charge is 0.223 e. The minimum absolute atomic E-state index is 0.112. The molecular formula is C14H12FNO4. The summed E-state index contributed by atoms with van der Waals surface area (Å²) in [4.78, 5) is 11.6. The Bertz CT molecular complexity index is 695. The summed E-state index contributed by atoms with van der Waals surface area (Å²) in [7, 11) is 0. The average Bonchev–Trinajstić information content (AvgIpc) is 2.43. The molecule has 0 bridgehead atoms. The Labute approximate surface area is 113 Å². The van der Waals surface area contributed by atoms with Crippen LogP contribution in [0.15, 0.2) is 41.3 Å². The zero-order valence-electron chi connectivity index (χ0n) is 10.4. The van der Waals surface area contributed by atoms with Crippen LogP contribution in [0.2, 0.25) is 0 Å². The first kappa shape index (κ1) is 12.8. The lowest BCUT2D eigenvalue weighted by Crippen LogP contribution is -2.32. The summed E-state index contributed by atoms with van der Waals surface area (Å²) in [5.41, 5.74) is 0.276. The molecule has 0 spiro atoms. The maximum absolute atomic E-state index is 13.0. The molecule has 1 aromatic carbocycles. The quantitative estimate of drug-likeness (QED) is 0.819. The zero-order valence-corrected chi connectivity index (χ0v) is 10.4. The van der Waals surface area contributed by atoms with Gasteiger partial charge >= 0.3 is 0 Å². The number of rotatable bonds is 1. The first-order chi connectivity index (χ1) is 9.56. The number of hydrogen-bond donors (Lipinski definition) is 2. The molecule has 3 rings (SSSR count). The third-order valence-corrected chi connectivity index (χ3v) is 3.26. The fraction of sp³-hybridized carbons (Fsp3) is 0.214. The molecule has 104 valence electrons.